The molecule has 0 N–H and O–H groups in total. The van der Waals surface area contributed by atoms with Gasteiger partial charge in [-0.3, -0.25) is 9.00 Å². The summed E-state index contributed by atoms with van der Waals surface area (Å²) in [6.07, 6.45) is -0.101. The van der Waals surface area contributed by atoms with Gasteiger partial charge in [-0.1, -0.05) is 41.4 Å². The summed E-state index contributed by atoms with van der Waals surface area (Å²) in [5.41, 5.74) is 0.289. The van der Waals surface area contributed by atoms with Crippen LogP contribution in [0.15, 0.2) is 47.4 Å². The van der Waals surface area contributed by atoms with Crippen LogP contribution < -0.4 is 0 Å². The first-order valence-electron chi connectivity index (χ1n) is 6.06. The van der Waals surface area contributed by atoms with E-state index in [1.54, 1.807) is 18.2 Å². The second-order valence-corrected chi connectivity index (χ2v) is 6.63. The minimum atomic E-state index is -1.60. The summed E-state index contributed by atoms with van der Waals surface area (Å²) in [7, 11) is -1.60. The Morgan fingerprint density at radius 3 is 2.57 bits per heavy atom. The van der Waals surface area contributed by atoms with Crippen LogP contribution in [-0.4, -0.2) is 15.7 Å². The number of benzene rings is 2. The van der Waals surface area contributed by atoms with E-state index in [0.717, 1.165) is 0 Å². The summed E-state index contributed by atoms with van der Waals surface area (Å²) < 4.78 is 25.6. The van der Waals surface area contributed by atoms with Crippen molar-refractivity contribution in [1.29, 1.82) is 0 Å². The van der Waals surface area contributed by atoms with Crippen LogP contribution in [0.3, 0.4) is 0 Å². The predicted octanol–water partition coefficient (Wildman–Crippen LogP) is 4.05. The van der Waals surface area contributed by atoms with E-state index >= 15 is 0 Å². The first-order valence-corrected chi connectivity index (χ1v) is 8.13. The van der Waals surface area contributed by atoms with E-state index in [9.17, 15) is 13.4 Å². The van der Waals surface area contributed by atoms with E-state index in [2.05, 4.69) is 0 Å². The van der Waals surface area contributed by atoms with Crippen LogP contribution in [0.2, 0.25) is 10.0 Å². The largest absolute Gasteiger partial charge is 0.298 e. The van der Waals surface area contributed by atoms with E-state index < -0.39 is 16.6 Å². The maximum absolute atomic E-state index is 13.5. The molecule has 0 aromatic heterocycles. The van der Waals surface area contributed by atoms with Crippen LogP contribution in [0.25, 0.3) is 0 Å². The molecule has 0 bridgehead atoms. The summed E-state index contributed by atoms with van der Waals surface area (Å²) >= 11 is 11.8. The van der Waals surface area contributed by atoms with Crippen molar-refractivity contribution in [3.63, 3.8) is 0 Å². The van der Waals surface area contributed by atoms with E-state index in [4.69, 9.17) is 23.2 Å². The van der Waals surface area contributed by atoms with Gasteiger partial charge in [0.2, 0.25) is 0 Å². The second kappa shape index (κ2) is 7.16. The number of carbonyl (C=O) groups is 1. The van der Waals surface area contributed by atoms with E-state index in [1.807, 2.05) is 0 Å². The molecule has 0 fully saturated rings. The van der Waals surface area contributed by atoms with Gasteiger partial charge in [0, 0.05) is 11.4 Å². The highest BCUT2D eigenvalue weighted by atomic mass is 35.5. The molecule has 6 heteroatoms. The Balaban J connectivity index is 2.08. The van der Waals surface area contributed by atoms with E-state index in [0.29, 0.717) is 9.92 Å². The van der Waals surface area contributed by atoms with Crippen molar-refractivity contribution in [2.24, 2.45) is 0 Å². The normalized spacial score (nSPS) is 12.1. The Bertz CT molecular complexity index is 704. The van der Waals surface area contributed by atoms with Gasteiger partial charge in [0.05, 0.1) is 26.5 Å². The summed E-state index contributed by atoms with van der Waals surface area (Å²) in [6.45, 7) is 0. The van der Waals surface area contributed by atoms with E-state index in [1.165, 1.54) is 24.3 Å². The monoisotopic (exact) mass is 344 g/mol. The smallest absolute Gasteiger partial charge is 0.150 e. The molecule has 1 atom stereocenters. The molecular formula is C15H11Cl2FO2S. The molecule has 2 rings (SSSR count). The summed E-state index contributed by atoms with van der Waals surface area (Å²) in [5, 5.41) is 0.681. The maximum atomic E-state index is 13.5. The fourth-order valence-corrected chi connectivity index (χ4v) is 3.49. The Kier molecular flexibility index (Phi) is 5.51. The first kappa shape index (κ1) is 16.1. The standard InChI is InChI=1S/C15H11Cl2FO2S/c16-11-5-6-13(17)15(8-11)21(20)9-12(19)7-10-3-1-2-4-14(10)18/h1-6,8H,7,9H2. The predicted molar refractivity (Wildman–Crippen MR) is 82.8 cm³/mol. The van der Waals surface area contributed by atoms with Gasteiger partial charge in [0.1, 0.15) is 11.6 Å². The molecule has 1 unspecified atom stereocenters. The number of ketones is 1. The van der Waals surface area contributed by atoms with Crippen molar-refractivity contribution in [1.82, 2.24) is 0 Å². The van der Waals surface area contributed by atoms with Crippen molar-refractivity contribution < 1.29 is 13.4 Å². The Labute approximate surface area is 134 Å². The summed E-state index contributed by atoms with van der Waals surface area (Å²) in [6, 6.07) is 10.6. The molecule has 0 spiro atoms. The molecule has 0 heterocycles. The van der Waals surface area contributed by atoms with Crippen molar-refractivity contribution in [2.45, 2.75) is 11.3 Å². The number of Topliss-reactive ketones (excluding diaryl/α,β-unsaturated/α-hetero) is 1. The SMILES string of the molecule is O=C(Cc1ccccc1F)CS(=O)c1cc(Cl)ccc1Cl. The third-order valence-electron chi connectivity index (χ3n) is 2.78. The zero-order valence-electron chi connectivity index (χ0n) is 10.8. The first-order chi connectivity index (χ1) is 9.97. The molecule has 2 nitrogen and oxygen atoms in total. The van der Waals surface area contributed by atoms with Crippen LogP contribution in [0.1, 0.15) is 5.56 Å². The minimum Gasteiger partial charge on any atom is -0.298 e. The number of hydrogen-bond donors (Lipinski definition) is 0. The van der Waals surface area contributed by atoms with Gasteiger partial charge < -0.3 is 0 Å². The molecule has 110 valence electrons. The Morgan fingerprint density at radius 1 is 1.14 bits per heavy atom. The molecule has 0 saturated heterocycles. The number of halogens is 3. The maximum Gasteiger partial charge on any atom is 0.150 e. The average molecular weight is 345 g/mol. The van der Waals surface area contributed by atoms with Crippen LogP contribution in [0, 0.1) is 5.82 Å². The molecule has 0 aliphatic heterocycles. The van der Waals surface area contributed by atoms with Gasteiger partial charge >= 0.3 is 0 Å². The lowest BCUT2D eigenvalue weighted by Gasteiger charge is -2.06. The van der Waals surface area contributed by atoms with Crippen molar-refractivity contribution in [3.8, 4) is 0 Å². The third-order valence-corrected chi connectivity index (χ3v) is 4.87. The van der Waals surface area contributed by atoms with Crippen molar-refractivity contribution >= 4 is 39.8 Å². The van der Waals surface area contributed by atoms with Crippen molar-refractivity contribution in [2.75, 3.05) is 5.75 Å². The zero-order chi connectivity index (χ0) is 15.4. The van der Waals surface area contributed by atoms with Crippen LogP contribution in [0.5, 0.6) is 0 Å². The Morgan fingerprint density at radius 2 is 1.86 bits per heavy atom. The molecule has 2 aromatic carbocycles. The highest BCUT2D eigenvalue weighted by Crippen LogP contribution is 2.24. The van der Waals surface area contributed by atoms with Crippen LogP contribution in [0.4, 0.5) is 4.39 Å². The zero-order valence-corrected chi connectivity index (χ0v) is 13.1. The highest BCUT2D eigenvalue weighted by molar-refractivity contribution is 7.86. The fourth-order valence-electron chi connectivity index (χ4n) is 1.78. The molecule has 0 saturated carbocycles. The minimum absolute atomic E-state index is 0.101. The number of rotatable bonds is 5. The molecule has 0 amide bonds. The fraction of sp³-hybridized carbons (Fsp3) is 0.133. The van der Waals surface area contributed by atoms with Crippen LogP contribution in [-0.2, 0) is 22.0 Å². The number of hydrogen-bond acceptors (Lipinski definition) is 2. The number of carbonyl (C=O) groups excluding carboxylic acids is 1. The van der Waals surface area contributed by atoms with Crippen molar-refractivity contribution in [3.05, 3.63) is 63.9 Å². The average Bonchev–Trinajstić information content (AvgIpc) is 2.44. The van der Waals surface area contributed by atoms with Gasteiger partial charge in [-0.25, -0.2) is 4.39 Å². The molecule has 0 aliphatic rings. The Hall–Kier alpha value is -1.23. The topological polar surface area (TPSA) is 34.1 Å². The summed E-state index contributed by atoms with van der Waals surface area (Å²) in [4.78, 5) is 12.2. The molecule has 0 aliphatic carbocycles. The van der Waals surface area contributed by atoms with E-state index in [-0.39, 0.29) is 28.5 Å². The quantitative estimate of drug-likeness (QED) is 0.819. The van der Waals surface area contributed by atoms with Gasteiger partial charge in [-0.2, -0.15) is 0 Å². The van der Waals surface area contributed by atoms with Crippen LogP contribution >= 0.6 is 23.2 Å². The lowest BCUT2D eigenvalue weighted by atomic mass is 10.1. The molecule has 2 aromatic rings. The highest BCUT2D eigenvalue weighted by Gasteiger charge is 2.15. The molecule has 21 heavy (non-hydrogen) atoms. The molecule has 0 radical (unpaired) electrons. The third kappa shape index (κ3) is 4.37. The summed E-state index contributed by atoms with van der Waals surface area (Å²) in [5.74, 6) is -0.999. The lowest BCUT2D eigenvalue weighted by molar-refractivity contribution is -0.116. The van der Waals surface area contributed by atoms with Gasteiger partial charge in [0.25, 0.3) is 0 Å². The second-order valence-electron chi connectivity index (χ2n) is 4.37. The van der Waals surface area contributed by atoms with Gasteiger partial charge in [-0.05, 0) is 29.8 Å². The van der Waals surface area contributed by atoms with Gasteiger partial charge in [-0.15, -0.1) is 0 Å². The van der Waals surface area contributed by atoms with Gasteiger partial charge in [0.15, 0.2) is 0 Å². The lowest BCUT2D eigenvalue weighted by Crippen LogP contribution is -2.14. The molecular weight excluding hydrogens is 334 g/mol.